The van der Waals surface area contributed by atoms with Crippen LogP contribution in [0, 0.1) is 0 Å². The number of rotatable bonds is 5. The van der Waals surface area contributed by atoms with Crippen LogP contribution in [-0.4, -0.2) is 9.55 Å². The van der Waals surface area contributed by atoms with E-state index in [0.29, 0.717) is 0 Å². The average molecular weight is 329 g/mol. The summed E-state index contributed by atoms with van der Waals surface area (Å²) in [5, 5.41) is 0. The monoisotopic (exact) mass is 327 g/mol. The maximum absolute atomic E-state index is 4.70. The van der Waals surface area contributed by atoms with Gasteiger partial charge in [-0.15, -0.1) is 0 Å². The second kappa shape index (κ2) is 6.95. The summed E-state index contributed by atoms with van der Waals surface area (Å²) in [4.78, 5) is 4.70. The van der Waals surface area contributed by atoms with Crippen LogP contribution in [0.3, 0.4) is 0 Å². The molecule has 0 atom stereocenters. The molecule has 0 spiro atoms. The molecule has 0 aliphatic carbocycles. The Labute approximate surface area is 123 Å². The zero-order chi connectivity index (χ0) is 12.3. The summed E-state index contributed by atoms with van der Waals surface area (Å²) in [7, 11) is 0. The van der Waals surface area contributed by atoms with Gasteiger partial charge in [0.2, 0.25) is 0 Å². The molecule has 2 nitrogen and oxygen atoms in total. The Morgan fingerprint density at radius 2 is 2.11 bits per heavy atom. The third-order valence-electron chi connectivity index (χ3n) is 2.82. The molecular formula is C14H17BrClN2-. The number of aromatic nitrogens is 2. The molecule has 0 aliphatic rings. The lowest BCUT2D eigenvalue weighted by molar-refractivity contribution is -0.00000352. The Bertz CT molecular complexity index is 534. The first-order chi connectivity index (χ1) is 8.22. The second-order valence-corrected chi connectivity index (χ2v) is 5.35. The van der Waals surface area contributed by atoms with Crippen LogP contribution in [-0.2, 0) is 13.0 Å². The molecule has 0 radical (unpaired) electrons. The van der Waals surface area contributed by atoms with Crippen LogP contribution in [0.5, 0.6) is 0 Å². The van der Waals surface area contributed by atoms with Gasteiger partial charge in [0, 0.05) is 10.9 Å². The Kier molecular flexibility index (Phi) is 5.89. The highest BCUT2D eigenvalue weighted by Gasteiger charge is 2.09. The van der Waals surface area contributed by atoms with E-state index in [-0.39, 0.29) is 12.4 Å². The Balaban J connectivity index is 0.00000162. The van der Waals surface area contributed by atoms with E-state index in [1.165, 1.54) is 18.4 Å². The molecule has 1 aromatic heterocycles. The van der Waals surface area contributed by atoms with Crippen LogP contribution in [0.1, 0.15) is 25.6 Å². The number of nitrogens with zero attached hydrogens (tertiary/aromatic N) is 2. The number of para-hydroxylation sites is 2. The van der Waals surface area contributed by atoms with Crippen molar-refractivity contribution in [1.29, 1.82) is 0 Å². The lowest BCUT2D eigenvalue weighted by Crippen LogP contribution is -3.00. The molecule has 1 heterocycles. The Hall–Kier alpha value is -0.800. The highest BCUT2D eigenvalue weighted by molar-refractivity contribution is 9.11. The number of benzene rings is 1. The molecule has 0 fully saturated rings. The third kappa shape index (κ3) is 3.36. The number of hydrogen-bond acceptors (Lipinski definition) is 1. The van der Waals surface area contributed by atoms with Gasteiger partial charge in [-0.25, -0.2) is 4.98 Å². The number of hydrogen-bond donors (Lipinski definition) is 0. The Morgan fingerprint density at radius 3 is 2.78 bits per heavy atom. The number of aryl methyl sites for hydroxylation is 1. The number of unbranched alkanes of at least 4 members (excludes halogenated alkanes) is 1. The summed E-state index contributed by atoms with van der Waals surface area (Å²) < 4.78 is 3.24. The second-order valence-electron chi connectivity index (χ2n) is 4.22. The summed E-state index contributed by atoms with van der Waals surface area (Å²) in [5.74, 6) is 1.16. The first-order valence-corrected chi connectivity index (χ1v) is 6.79. The van der Waals surface area contributed by atoms with Crippen molar-refractivity contribution in [1.82, 2.24) is 9.55 Å². The van der Waals surface area contributed by atoms with Crippen molar-refractivity contribution in [2.45, 2.75) is 32.7 Å². The molecule has 0 unspecified atom stereocenters. The largest absolute Gasteiger partial charge is 1.00 e. The van der Waals surface area contributed by atoms with Gasteiger partial charge in [0.25, 0.3) is 0 Å². The van der Waals surface area contributed by atoms with E-state index in [2.05, 4.69) is 52.2 Å². The topological polar surface area (TPSA) is 17.8 Å². The fourth-order valence-electron chi connectivity index (χ4n) is 2.00. The molecule has 4 heteroatoms. The molecule has 0 aliphatic heterocycles. The van der Waals surface area contributed by atoms with Crippen LogP contribution >= 0.6 is 15.9 Å². The van der Waals surface area contributed by atoms with Gasteiger partial charge in [0.15, 0.2) is 0 Å². The summed E-state index contributed by atoms with van der Waals surface area (Å²) in [6.07, 6.45) is 3.40. The molecule has 98 valence electrons. The molecule has 2 rings (SSSR count). The highest BCUT2D eigenvalue weighted by atomic mass is 79.9. The van der Waals surface area contributed by atoms with Crippen molar-refractivity contribution < 1.29 is 12.4 Å². The molecular weight excluding hydrogens is 312 g/mol. The van der Waals surface area contributed by atoms with Crippen LogP contribution in [0.2, 0.25) is 0 Å². The minimum absolute atomic E-state index is 0. The van der Waals surface area contributed by atoms with E-state index in [4.69, 9.17) is 4.98 Å². The van der Waals surface area contributed by atoms with Gasteiger partial charge in [-0.05, 0) is 18.6 Å². The predicted molar refractivity (Wildman–Crippen MR) is 76.4 cm³/mol. The van der Waals surface area contributed by atoms with Gasteiger partial charge >= 0.3 is 0 Å². The summed E-state index contributed by atoms with van der Waals surface area (Å²) in [6.45, 7) is 6.92. The van der Waals surface area contributed by atoms with Gasteiger partial charge < -0.3 is 17.0 Å². The predicted octanol–water partition coefficient (Wildman–Crippen LogP) is 1.29. The van der Waals surface area contributed by atoms with Crippen molar-refractivity contribution in [3.8, 4) is 0 Å². The molecule has 18 heavy (non-hydrogen) atoms. The van der Waals surface area contributed by atoms with Crippen molar-refractivity contribution >= 4 is 27.0 Å². The minimum atomic E-state index is 0. The zero-order valence-corrected chi connectivity index (χ0v) is 12.8. The lowest BCUT2D eigenvalue weighted by atomic mass is 10.2. The van der Waals surface area contributed by atoms with Crippen LogP contribution in [0.15, 0.2) is 35.3 Å². The molecule has 1 aromatic carbocycles. The van der Waals surface area contributed by atoms with Crippen LogP contribution in [0.25, 0.3) is 11.0 Å². The van der Waals surface area contributed by atoms with Crippen molar-refractivity contribution in [3.05, 3.63) is 41.2 Å². The smallest absolute Gasteiger partial charge is 0.110 e. The summed E-state index contributed by atoms with van der Waals surface area (Å²) in [5.41, 5.74) is 2.27. The zero-order valence-electron chi connectivity index (χ0n) is 10.5. The van der Waals surface area contributed by atoms with Crippen LogP contribution < -0.4 is 12.4 Å². The fourth-order valence-corrected chi connectivity index (χ4v) is 2.25. The number of allylic oxidation sites excluding steroid dienone is 1. The lowest BCUT2D eigenvalue weighted by Gasteiger charge is -2.07. The summed E-state index contributed by atoms with van der Waals surface area (Å²) in [6, 6.07) is 8.28. The first kappa shape index (κ1) is 15.3. The molecule has 0 N–H and O–H groups in total. The SMILES string of the molecule is C=C(Br)Cn1c(CCCC)nc2ccccc21.[Cl-]. The maximum Gasteiger partial charge on any atom is 0.110 e. The molecule has 0 amide bonds. The number of halogens is 2. The molecule has 0 saturated heterocycles. The molecule has 2 aromatic rings. The Morgan fingerprint density at radius 1 is 1.39 bits per heavy atom. The number of imidazole rings is 1. The maximum atomic E-state index is 4.70. The van der Waals surface area contributed by atoms with E-state index in [1.54, 1.807) is 0 Å². The van der Waals surface area contributed by atoms with Gasteiger partial charge in [-0.1, -0.05) is 48.0 Å². The van der Waals surface area contributed by atoms with Gasteiger partial charge in [-0.3, -0.25) is 0 Å². The highest BCUT2D eigenvalue weighted by Crippen LogP contribution is 2.20. The van der Waals surface area contributed by atoms with E-state index in [1.807, 2.05) is 6.07 Å². The van der Waals surface area contributed by atoms with E-state index < -0.39 is 0 Å². The van der Waals surface area contributed by atoms with E-state index >= 15 is 0 Å². The van der Waals surface area contributed by atoms with Crippen LogP contribution in [0.4, 0.5) is 0 Å². The quantitative estimate of drug-likeness (QED) is 0.809. The van der Waals surface area contributed by atoms with Crippen molar-refractivity contribution in [3.63, 3.8) is 0 Å². The van der Waals surface area contributed by atoms with E-state index in [0.717, 1.165) is 28.8 Å². The van der Waals surface area contributed by atoms with E-state index in [9.17, 15) is 0 Å². The third-order valence-corrected chi connectivity index (χ3v) is 3.07. The normalized spacial score (nSPS) is 10.3. The minimum Gasteiger partial charge on any atom is -1.00 e. The van der Waals surface area contributed by atoms with Gasteiger partial charge in [0.05, 0.1) is 17.6 Å². The molecule has 0 saturated carbocycles. The molecule has 0 bridgehead atoms. The van der Waals surface area contributed by atoms with Gasteiger partial charge in [0.1, 0.15) is 5.82 Å². The number of fused-ring (bicyclic) bond motifs is 1. The van der Waals surface area contributed by atoms with Crippen molar-refractivity contribution in [2.75, 3.05) is 0 Å². The average Bonchev–Trinajstić information content (AvgIpc) is 2.64. The van der Waals surface area contributed by atoms with Crippen molar-refractivity contribution in [2.24, 2.45) is 0 Å². The summed E-state index contributed by atoms with van der Waals surface area (Å²) >= 11 is 3.44. The first-order valence-electron chi connectivity index (χ1n) is 5.99. The van der Waals surface area contributed by atoms with Gasteiger partial charge in [-0.2, -0.15) is 0 Å². The standard InChI is InChI=1S/C14H17BrN2.ClH/c1-3-4-9-14-16-12-7-5-6-8-13(12)17(14)10-11(2)15;/h5-8H,2-4,9-10H2,1H3;1H/p-1. The fraction of sp³-hybridized carbons (Fsp3) is 0.357.